The van der Waals surface area contributed by atoms with Gasteiger partial charge in [-0.05, 0) is 44.2 Å². The molecule has 1 saturated carbocycles. The van der Waals surface area contributed by atoms with E-state index in [1.165, 1.54) is 20.0 Å². The van der Waals surface area contributed by atoms with Gasteiger partial charge in [-0.2, -0.15) is 0 Å². The topological polar surface area (TPSA) is 38.3 Å². The van der Waals surface area contributed by atoms with Crippen LogP contribution in [0.2, 0.25) is 0 Å². The Kier molecular flexibility index (Phi) is 2.54. The Morgan fingerprint density at radius 2 is 2.15 bits per heavy atom. The van der Waals surface area contributed by atoms with Gasteiger partial charge in [-0.15, -0.1) is 0 Å². The number of methoxy groups -OCH3 is 1. The van der Waals surface area contributed by atoms with Crippen molar-refractivity contribution in [2.75, 3.05) is 20.2 Å². The van der Waals surface area contributed by atoms with Gasteiger partial charge in [-0.25, -0.2) is 0 Å². The van der Waals surface area contributed by atoms with E-state index >= 15 is 0 Å². The number of carbonyl (C=O) groups excluding carboxylic acids is 1. The molecule has 2 atom stereocenters. The Morgan fingerprint density at radius 1 is 1.38 bits per heavy atom. The van der Waals surface area contributed by atoms with E-state index in [4.69, 9.17) is 4.74 Å². The Balaban J connectivity index is 1.99. The lowest BCUT2D eigenvalue weighted by molar-refractivity contribution is -0.148. The standard InChI is InChI=1S/C10H17NO2/c1-13-10(12)8-4-5-11-6-9(8)7-2-3-7/h7-9,11H,2-6H2,1H3. The third kappa shape index (κ3) is 1.85. The zero-order valence-electron chi connectivity index (χ0n) is 8.08. The first-order chi connectivity index (χ1) is 6.33. The second-order valence-corrected chi connectivity index (χ2v) is 4.12. The van der Waals surface area contributed by atoms with Gasteiger partial charge in [0.1, 0.15) is 0 Å². The fourth-order valence-electron chi connectivity index (χ4n) is 2.35. The molecule has 3 heteroatoms. The number of ether oxygens (including phenoxy) is 1. The number of hydrogen-bond acceptors (Lipinski definition) is 3. The van der Waals surface area contributed by atoms with Gasteiger partial charge >= 0.3 is 5.97 Å². The Bertz CT molecular complexity index is 201. The van der Waals surface area contributed by atoms with Crippen LogP contribution in [-0.4, -0.2) is 26.2 Å². The van der Waals surface area contributed by atoms with Crippen molar-refractivity contribution in [2.24, 2.45) is 17.8 Å². The van der Waals surface area contributed by atoms with Crippen LogP contribution < -0.4 is 5.32 Å². The van der Waals surface area contributed by atoms with Gasteiger partial charge in [0.25, 0.3) is 0 Å². The quantitative estimate of drug-likeness (QED) is 0.643. The molecule has 1 aliphatic carbocycles. The van der Waals surface area contributed by atoms with Crippen LogP contribution >= 0.6 is 0 Å². The lowest BCUT2D eigenvalue weighted by Gasteiger charge is -2.30. The second kappa shape index (κ2) is 3.66. The zero-order chi connectivity index (χ0) is 9.26. The van der Waals surface area contributed by atoms with E-state index in [1.54, 1.807) is 0 Å². The average molecular weight is 183 g/mol. The van der Waals surface area contributed by atoms with Crippen molar-refractivity contribution in [3.63, 3.8) is 0 Å². The molecular weight excluding hydrogens is 166 g/mol. The van der Waals surface area contributed by atoms with Crippen LogP contribution in [0.1, 0.15) is 19.3 Å². The van der Waals surface area contributed by atoms with Gasteiger partial charge in [-0.3, -0.25) is 4.79 Å². The maximum atomic E-state index is 11.5. The van der Waals surface area contributed by atoms with Crippen LogP contribution in [0.15, 0.2) is 0 Å². The molecule has 1 heterocycles. The van der Waals surface area contributed by atoms with Crippen LogP contribution in [-0.2, 0) is 9.53 Å². The highest BCUT2D eigenvalue weighted by atomic mass is 16.5. The largest absolute Gasteiger partial charge is 0.469 e. The molecule has 2 unspecified atom stereocenters. The van der Waals surface area contributed by atoms with Gasteiger partial charge in [0, 0.05) is 0 Å². The summed E-state index contributed by atoms with van der Waals surface area (Å²) in [6.45, 7) is 1.97. The van der Waals surface area contributed by atoms with E-state index in [0.717, 1.165) is 25.4 Å². The van der Waals surface area contributed by atoms with Crippen LogP contribution in [0, 0.1) is 17.8 Å². The SMILES string of the molecule is COC(=O)C1CCNCC1C1CC1. The van der Waals surface area contributed by atoms with E-state index in [9.17, 15) is 4.79 Å². The van der Waals surface area contributed by atoms with E-state index in [-0.39, 0.29) is 11.9 Å². The fourth-order valence-corrected chi connectivity index (χ4v) is 2.35. The summed E-state index contributed by atoms with van der Waals surface area (Å²) < 4.78 is 4.83. The van der Waals surface area contributed by atoms with Gasteiger partial charge in [0.15, 0.2) is 0 Å². The molecule has 13 heavy (non-hydrogen) atoms. The number of hydrogen-bond donors (Lipinski definition) is 1. The van der Waals surface area contributed by atoms with Crippen molar-refractivity contribution >= 4 is 5.97 Å². The summed E-state index contributed by atoms with van der Waals surface area (Å²) in [5, 5.41) is 3.36. The monoisotopic (exact) mass is 183 g/mol. The minimum absolute atomic E-state index is 0.00148. The van der Waals surface area contributed by atoms with Crippen molar-refractivity contribution in [1.29, 1.82) is 0 Å². The van der Waals surface area contributed by atoms with E-state index in [0.29, 0.717) is 5.92 Å². The molecule has 0 spiro atoms. The van der Waals surface area contributed by atoms with Gasteiger partial charge in [0.2, 0.25) is 0 Å². The molecule has 1 N–H and O–H groups in total. The maximum absolute atomic E-state index is 11.5. The molecule has 1 saturated heterocycles. The fraction of sp³-hybridized carbons (Fsp3) is 0.900. The van der Waals surface area contributed by atoms with Crippen molar-refractivity contribution < 1.29 is 9.53 Å². The Labute approximate surface area is 78.8 Å². The van der Waals surface area contributed by atoms with Crippen LogP contribution in [0.3, 0.4) is 0 Å². The van der Waals surface area contributed by atoms with Crippen LogP contribution in [0.4, 0.5) is 0 Å². The molecule has 74 valence electrons. The van der Waals surface area contributed by atoms with Gasteiger partial charge < -0.3 is 10.1 Å². The molecule has 0 bridgehead atoms. The number of rotatable bonds is 2. The van der Waals surface area contributed by atoms with Gasteiger partial charge in [-0.1, -0.05) is 0 Å². The first kappa shape index (κ1) is 9.00. The third-order valence-corrected chi connectivity index (χ3v) is 3.26. The lowest BCUT2D eigenvalue weighted by atomic mass is 9.83. The molecule has 0 aromatic carbocycles. The predicted octanol–water partition coefficient (Wildman–Crippen LogP) is 0.795. The second-order valence-electron chi connectivity index (χ2n) is 4.12. The van der Waals surface area contributed by atoms with Gasteiger partial charge in [0.05, 0.1) is 13.0 Å². The molecule has 0 aromatic rings. The predicted molar refractivity (Wildman–Crippen MR) is 49.2 cm³/mol. The molecule has 0 amide bonds. The van der Waals surface area contributed by atoms with E-state index in [2.05, 4.69) is 5.32 Å². The highest BCUT2D eigenvalue weighted by Crippen LogP contribution is 2.42. The van der Waals surface area contributed by atoms with E-state index < -0.39 is 0 Å². The average Bonchev–Trinajstić information content (AvgIpc) is 3.00. The van der Waals surface area contributed by atoms with Crippen LogP contribution in [0.5, 0.6) is 0 Å². The first-order valence-corrected chi connectivity index (χ1v) is 5.11. The summed E-state index contributed by atoms with van der Waals surface area (Å²) in [6.07, 6.45) is 3.56. The van der Waals surface area contributed by atoms with Crippen molar-refractivity contribution in [1.82, 2.24) is 5.32 Å². The number of piperidine rings is 1. The first-order valence-electron chi connectivity index (χ1n) is 5.11. The molecular formula is C10H17NO2. The van der Waals surface area contributed by atoms with Crippen molar-refractivity contribution in [2.45, 2.75) is 19.3 Å². The molecule has 0 aromatic heterocycles. The Morgan fingerprint density at radius 3 is 2.77 bits per heavy atom. The molecule has 2 aliphatic rings. The third-order valence-electron chi connectivity index (χ3n) is 3.26. The lowest BCUT2D eigenvalue weighted by Crippen LogP contribution is -2.41. The normalized spacial score (nSPS) is 34.2. The number of nitrogens with one attached hydrogen (secondary N) is 1. The minimum atomic E-state index is -0.00148. The smallest absolute Gasteiger partial charge is 0.309 e. The molecule has 3 nitrogen and oxygen atoms in total. The highest BCUT2D eigenvalue weighted by Gasteiger charge is 2.41. The highest BCUT2D eigenvalue weighted by molar-refractivity contribution is 5.72. The summed E-state index contributed by atoms with van der Waals surface area (Å²) in [5.74, 6) is 1.50. The molecule has 2 rings (SSSR count). The summed E-state index contributed by atoms with van der Waals surface area (Å²) in [5.41, 5.74) is 0. The minimum Gasteiger partial charge on any atom is -0.469 e. The maximum Gasteiger partial charge on any atom is 0.309 e. The van der Waals surface area contributed by atoms with Crippen LogP contribution in [0.25, 0.3) is 0 Å². The van der Waals surface area contributed by atoms with Crippen molar-refractivity contribution in [3.05, 3.63) is 0 Å². The summed E-state index contributed by atoms with van der Waals surface area (Å²) in [6, 6.07) is 0. The van der Waals surface area contributed by atoms with E-state index in [1.807, 2.05) is 0 Å². The molecule has 2 fully saturated rings. The van der Waals surface area contributed by atoms with Crippen molar-refractivity contribution in [3.8, 4) is 0 Å². The summed E-state index contributed by atoms with van der Waals surface area (Å²) in [4.78, 5) is 11.5. The number of carbonyl (C=O) groups is 1. The molecule has 0 radical (unpaired) electrons. The Hall–Kier alpha value is -0.570. The number of esters is 1. The molecule has 1 aliphatic heterocycles. The zero-order valence-corrected chi connectivity index (χ0v) is 8.08. The summed E-state index contributed by atoms with van der Waals surface area (Å²) in [7, 11) is 1.49. The summed E-state index contributed by atoms with van der Waals surface area (Å²) >= 11 is 0.